The number of piperidine rings is 1. The third-order valence-electron chi connectivity index (χ3n) is 7.13. The van der Waals surface area contributed by atoms with Gasteiger partial charge in [0.25, 0.3) is 0 Å². The largest absolute Gasteiger partial charge is 0.382 e. The monoisotopic (exact) mass is 479 g/mol. The van der Waals surface area contributed by atoms with Crippen LogP contribution in [-0.2, 0) is 13.0 Å². The Balaban J connectivity index is 0.00000130. The number of para-hydroxylation sites is 2. The van der Waals surface area contributed by atoms with Crippen molar-refractivity contribution < 1.29 is 0 Å². The normalized spacial score (nSPS) is 19.6. The predicted octanol–water partition coefficient (Wildman–Crippen LogP) is 6.71. The molecule has 172 valence electrons. The molecule has 2 unspecified atom stereocenters. The minimum absolute atomic E-state index is 0. The maximum Gasteiger partial charge on any atom is 0.0523 e. The van der Waals surface area contributed by atoms with Gasteiger partial charge in [0.15, 0.2) is 0 Å². The Kier molecular flexibility index (Phi) is 7.33. The molecule has 1 saturated heterocycles. The molecule has 0 radical (unpaired) electrons. The molecule has 3 aromatic carbocycles. The lowest BCUT2D eigenvalue weighted by Crippen LogP contribution is -2.45. The summed E-state index contributed by atoms with van der Waals surface area (Å²) in [6.07, 6.45) is 3.53. The Morgan fingerprint density at radius 3 is 2.27 bits per heavy atom. The van der Waals surface area contributed by atoms with Crippen LogP contribution in [0.15, 0.2) is 84.9 Å². The topological polar surface area (TPSA) is 20.2 Å². The maximum absolute atomic E-state index is 3.81. The highest BCUT2D eigenvalue weighted by molar-refractivity contribution is 5.86. The lowest BCUT2D eigenvalue weighted by atomic mass is 9.88. The Bertz CT molecular complexity index is 1190. The molecule has 0 amide bonds. The number of halogens is 2. The van der Waals surface area contributed by atoms with E-state index in [2.05, 4.69) is 99.7 Å². The van der Waals surface area contributed by atoms with E-state index < -0.39 is 0 Å². The number of fused-ring (bicyclic) bond motifs is 5. The molecule has 3 heterocycles. The van der Waals surface area contributed by atoms with E-state index in [0.717, 1.165) is 19.4 Å². The molecule has 6 rings (SSSR count). The quantitative estimate of drug-likeness (QED) is 0.351. The summed E-state index contributed by atoms with van der Waals surface area (Å²) in [5.74, 6) is 0. The molecular weight excluding hydrogens is 449 g/mol. The second-order valence-corrected chi connectivity index (χ2v) is 8.99. The van der Waals surface area contributed by atoms with E-state index in [1.54, 1.807) is 11.3 Å². The van der Waals surface area contributed by atoms with Crippen LogP contribution in [0, 0.1) is 0 Å². The first kappa shape index (κ1) is 23.7. The summed E-state index contributed by atoms with van der Waals surface area (Å²) in [6.45, 7) is 3.29. The summed E-state index contributed by atoms with van der Waals surface area (Å²) in [6, 6.07) is 31.6. The lowest BCUT2D eigenvalue weighted by molar-refractivity contribution is 0.125. The zero-order valence-electron chi connectivity index (χ0n) is 18.7. The highest BCUT2D eigenvalue weighted by atomic mass is 35.5. The van der Waals surface area contributed by atoms with Crippen LogP contribution in [0.2, 0.25) is 0 Å². The van der Waals surface area contributed by atoms with E-state index in [9.17, 15) is 0 Å². The van der Waals surface area contributed by atoms with E-state index in [1.165, 1.54) is 41.7 Å². The number of nitrogens with one attached hydrogen (secondary N) is 1. The van der Waals surface area contributed by atoms with Gasteiger partial charge in [0.05, 0.1) is 6.04 Å². The number of hydrogen-bond donors (Lipinski definition) is 1. The smallest absolute Gasteiger partial charge is 0.0523 e. The average Bonchev–Trinajstić information content (AvgIpc) is 3.14. The summed E-state index contributed by atoms with van der Waals surface area (Å²) in [5, 5.41) is 5.26. The Hall–Kier alpha value is -2.46. The second-order valence-electron chi connectivity index (χ2n) is 8.99. The second kappa shape index (κ2) is 10.2. The molecule has 0 aliphatic carbocycles. The fourth-order valence-corrected chi connectivity index (χ4v) is 5.70. The average molecular weight is 480 g/mol. The number of aromatic nitrogens is 1. The Morgan fingerprint density at radius 2 is 1.48 bits per heavy atom. The van der Waals surface area contributed by atoms with Gasteiger partial charge in [0.1, 0.15) is 0 Å². The molecule has 5 heteroatoms. The highest BCUT2D eigenvalue weighted by Gasteiger charge is 2.37. The molecule has 1 fully saturated rings. The predicted molar refractivity (Wildman–Crippen MR) is 143 cm³/mol. The minimum atomic E-state index is 0. The van der Waals surface area contributed by atoms with Crippen molar-refractivity contribution in [2.75, 3.05) is 18.4 Å². The molecule has 4 aromatic rings. The zero-order chi connectivity index (χ0) is 20.6. The Labute approximate surface area is 208 Å². The van der Waals surface area contributed by atoms with Crippen molar-refractivity contribution in [3.63, 3.8) is 0 Å². The summed E-state index contributed by atoms with van der Waals surface area (Å²) in [4.78, 5) is 2.73. The van der Waals surface area contributed by atoms with Gasteiger partial charge in [-0.3, -0.25) is 4.90 Å². The number of anilines is 1. The Morgan fingerprint density at radius 1 is 0.788 bits per heavy atom. The van der Waals surface area contributed by atoms with Crippen molar-refractivity contribution >= 4 is 41.4 Å². The van der Waals surface area contributed by atoms with Crippen LogP contribution in [0.25, 0.3) is 10.9 Å². The van der Waals surface area contributed by atoms with Gasteiger partial charge in [-0.2, -0.15) is 0 Å². The van der Waals surface area contributed by atoms with Crippen LogP contribution in [-0.4, -0.2) is 28.6 Å². The molecule has 33 heavy (non-hydrogen) atoms. The van der Waals surface area contributed by atoms with Crippen molar-refractivity contribution in [2.45, 2.75) is 37.9 Å². The molecule has 0 saturated carbocycles. The van der Waals surface area contributed by atoms with Crippen molar-refractivity contribution in [3.8, 4) is 0 Å². The maximum atomic E-state index is 3.81. The van der Waals surface area contributed by atoms with Gasteiger partial charge in [-0.05, 0) is 48.6 Å². The number of benzene rings is 3. The van der Waals surface area contributed by atoms with Crippen LogP contribution in [0.4, 0.5) is 5.69 Å². The van der Waals surface area contributed by atoms with Gasteiger partial charge in [-0.1, -0.05) is 66.7 Å². The van der Waals surface area contributed by atoms with E-state index in [0.29, 0.717) is 12.1 Å². The summed E-state index contributed by atoms with van der Waals surface area (Å²) in [7, 11) is 0. The molecule has 0 bridgehead atoms. The molecule has 1 aromatic heterocycles. The summed E-state index contributed by atoms with van der Waals surface area (Å²) >= 11 is 0. The zero-order valence-corrected chi connectivity index (χ0v) is 20.3. The van der Waals surface area contributed by atoms with E-state index in [-0.39, 0.29) is 24.8 Å². The van der Waals surface area contributed by atoms with Crippen LogP contribution < -0.4 is 5.32 Å². The number of nitrogens with zero attached hydrogens (tertiary/aromatic N) is 2. The first-order valence-electron chi connectivity index (χ1n) is 11.6. The van der Waals surface area contributed by atoms with Crippen molar-refractivity contribution in [1.29, 1.82) is 0 Å². The van der Waals surface area contributed by atoms with Crippen molar-refractivity contribution in [2.24, 2.45) is 0 Å². The molecule has 3 nitrogen and oxygen atoms in total. The SMILES string of the molecule is Cl.Cl.c1ccc(Cn2c3c(c4ccccc42)CCN2CCC(Nc4ccccc4)CC32)cc1. The minimum Gasteiger partial charge on any atom is -0.382 e. The van der Waals surface area contributed by atoms with Gasteiger partial charge >= 0.3 is 0 Å². The lowest BCUT2D eigenvalue weighted by Gasteiger charge is -2.43. The third kappa shape index (κ3) is 4.50. The fraction of sp³-hybridized carbons (Fsp3) is 0.286. The summed E-state index contributed by atoms with van der Waals surface area (Å²) in [5.41, 5.74) is 7.13. The standard InChI is InChI=1S/C28H29N3.2ClH/c1-3-9-21(10-4-1)20-31-26-14-8-7-13-24(26)25-16-18-30-17-15-23(19-27(30)28(25)31)29-22-11-5-2-6-12-22;;/h1-14,23,27,29H,15-20H2;2*1H. The van der Waals surface area contributed by atoms with Crippen molar-refractivity contribution in [3.05, 3.63) is 102 Å². The van der Waals surface area contributed by atoms with E-state index in [1.807, 2.05) is 0 Å². The van der Waals surface area contributed by atoms with Crippen molar-refractivity contribution in [1.82, 2.24) is 9.47 Å². The molecule has 1 N–H and O–H groups in total. The van der Waals surface area contributed by atoms with Gasteiger partial charge in [-0.15, -0.1) is 24.8 Å². The van der Waals surface area contributed by atoms with E-state index in [4.69, 9.17) is 0 Å². The highest BCUT2D eigenvalue weighted by Crippen LogP contribution is 2.42. The van der Waals surface area contributed by atoms with Gasteiger partial charge in [0, 0.05) is 48.0 Å². The molecule has 0 spiro atoms. The molecule has 2 aliphatic heterocycles. The molecule has 2 atom stereocenters. The van der Waals surface area contributed by atoms with E-state index >= 15 is 0 Å². The fourth-order valence-electron chi connectivity index (χ4n) is 5.70. The number of hydrogen-bond acceptors (Lipinski definition) is 2. The molecular formula is C28H31Cl2N3. The first-order chi connectivity index (χ1) is 15.4. The van der Waals surface area contributed by atoms with Crippen LogP contribution in [0.3, 0.4) is 0 Å². The summed E-state index contributed by atoms with van der Waals surface area (Å²) < 4.78 is 2.61. The molecule has 2 aliphatic rings. The van der Waals surface area contributed by atoms with Gasteiger partial charge in [-0.25, -0.2) is 0 Å². The van der Waals surface area contributed by atoms with Crippen LogP contribution in [0.5, 0.6) is 0 Å². The van der Waals surface area contributed by atoms with Gasteiger partial charge < -0.3 is 9.88 Å². The third-order valence-corrected chi connectivity index (χ3v) is 7.13. The number of rotatable bonds is 4. The van der Waals surface area contributed by atoms with Crippen LogP contribution in [0.1, 0.15) is 35.7 Å². The van der Waals surface area contributed by atoms with Crippen LogP contribution >= 0.6 is 24.8 Å². The van der Waals surface area contributed by atoms with Gasteiger partial charge in [0.2, 0.25) is 0 Å². The first-order valence-corrected chi connectivity index (χ1v) is 11.6.